The van der Waals surface area contributed by atoms with E-state index < -0.39 is 6.04 Å². The van der Waals surface area contributed by atoms with Gasteiger partial charge in [0.1, 0.15) is 11.9 Å². The summed E-state index contributed by atoms with van der Waals surface area (Å²) in [6.07, 6.45) is 5.70. The summed E-state index contributed by atoms with van der Waals surface area (Å²) in [6, 6.07) is 7.67. The van der Waals surface area contributed by atoms with Gasteiger partial charge in [-0.2, -0.15) is 5.26 Å². The first-order chi connectivity index (χ1) is 9.69. The van der Waals surface area contributed by atoms with E-state index in [-0.39, 0.29) is 24.1 Å². The quantitative estimate of drug-likeness (QED) is 0.917. The third kappa shape index (κ3) is 4.06. The van der Waals surface area contributed by atoms with Crippen LogP contribution in [0.2, 0.25) is 0 Å². The third-order valence-electron chi connectivity index (χ3n) is 3.85. The number of rotatable bonds is 4. The Labute approximate surface area is 118 Å². The summed E-state index contributed by atoms with van der Waals surface area (Å²) in [4.78, 5) is 12.0. The van der Waals surface area contributed by atoms with Crippen molar-refractivity contribution in [2.75, 3.05) is 0 Å². The molecule has 1 aliphatic rings. The molecule has 1 saturated carbocycles. The van der Waals surface area contributed by atoms with Crippen LogP contribution < -0.4 is 5.32 Å². The fourth-order valence-electron chi connectivity index (χ4n) is 2.74. The number of nitrogens with one attached hydrogen (secondary N) is 1. The molecule has 1 unspecified atom stereocenters. The zero-order valence-corrected chi connectivity index (χ0v) is 11.4. The monoisotopic (exact) mass is 274 g/mol. The maximum absolute atomic E-state index is 12.8. The minimum atomic E-state index is -0.400. The molecule has 1 fully saturated rings. The summed E-state index contributed by atoms with van der Waals surface area (Å²) in [6.45, 7) is 0. The van der Waals surface area contributed by atoms with Crippen molar-refractivity contribution in [2.45, 2.75) is 44.6 Å². The summed E-state index contributed by atoms with van der Waals surface area (Å²) < 4.78 is 12.8. The first kappa shape index (κ1) is 14.5. The van der Waals surface area contributed by atoms with Gasteiger partial charge in [0, 0.05) is 0 Å². The van der Waals surface area contributed by atoms with Gasteiger partial charge < -0.3 is 5.32 Å². The van der Waals surface area contributed by atoms with E-state index in [2.05, 4.69) is 11.4 Å². The fraction of sp³-hybridized carbons (Fsp3) is 0.500. The van der Waals surface area contributed by atoms with Crippen LogP contribution in [0.25, 0.3) is 0 Å². The number of amides is 1. The largest absolute Gasteiger partial charge is 0.340 e. The van der Waals surface area contributed by atoms with Gasteiger partial charge >= 0.3 is 0 Å². The van der Waals surface area contributed by atoms with Gasteiger partial charge in [-0.25, -0.2) is 4.39 Å². The van der Waals surface area contributed by atoms with Crippen LogP contribution >= 0.6 is 0 Å². The van der Waals surface area contributed by atoms with Crippen molar-refractivity contribution < 1.29 is 9.18 Å². The van der Waals surface area contributed by atoms with Gasteiger partial charge in [0.25, 0.3) is 0 Å². The van der Waals surface area contributed by atoms with Crippen LogP contribution in [0.5, 0.6) is 0 Å². The van der Waals surface area contributed by atoms with Crippen molar-refractivity contribution in [3.63, 3.8) is 0 Å². The first-order valence-electron chi connectivity index (χ1n) is 7.12. The molecule has 0 bridgehead atoms. The average Bonchev–Trinajstić information content (AvgIpc) is 2.48. The maximum Gasteiger partial charge on any atom is 0.225 e. The SMILES string of the molecule is N#CC(NC(=O)Cc1ccc(F)cc1)C1CCCCC1. The Morgan fingerprint density at radius 1 is 1.30 bits per heavy atom. The van der Waals surface area contributed by atoms with Gasteiger partial charge in [0.05, 0.1) is 12.5 Å². The second-order valence-corrected chi connectivity index (χ2v) is 5.38. The summed E-state index contributed by atoms with van der Waals surface area (Å²) in [7, 11) is 0. The van der Waals surface area contributed by atoms with Gasteiger partial charge in [0.15, 0.2) is 0 Å². The van der Waals surface area contributed by atoms with Gasteiger partial charge in [-0.15, -0.1) is 0 Å². The smallest absolute Gasteiger partial charge is 0.225 e. The van der Waals surface area contributed by atoms with Crippen LogP contribution in [0, 0.1) is 23.1 Å². The molecule has 20 heavy (non-hydrogen) atoms. The van der Waals surface area contributed by atoms with E-state index in [9.17, 15) is 14.4 Å². The molecule has 0 aliphatic heterocycles. The first-order valence-corrected chi connectivity index (χ1v) is 7.12. The van der Waals surface area contributed by atoms with Gasteiger partial charge in [-0.1, -0.05) is 31.4 Å². The summed E-state index contributed by atoms with van der Waals surface area (Å²) >= 11 is 0. The van der Waals surface area contributed by atoms with Crippen molar-refractivity contribution in [3.8, 4) is 6.07 Å². The summed E-state index contributed by atoms with van der Waals surface area (Å²) in [5, 5.41) is 12.0. The number of hydrogen-bond donors (Lipinski definition) is 1. The molecular formula is C16H19FN2O. The summed E-state index contributed by atoms with van der Waals surface area (Å²) in [5.74, 6) is -0.217. The topological polar surface area (TPSA) is 52.9 Å². The second-order valence-electron chi connectivity index (χ2n) is 5.38. The van der Waals surface area contributed by atoms with E-state index in [0.717, 1.165) is 31.2 Å². The minimum Gasteiger partial charge on any atom is -0.340 e. The van der Waals surface area contributed by atoms with Crippen molar-refractivity contribution >= 4 is 5.91 Å². The number of carbonyl (C=O) groups excluding carboxylic acids is 1. The zero-order valence-electron chi connectivity index (χ0n) is 11.4. The number of halogens is 1. The Bertz CT molecular complexity index is 486. The second kappa shape index (κ2) is 7.04. The normalized spacial score (nSPS) is 17.2. The molecule has 1 aromatic carbocycles. The molecule has 1 aromatic rings. The van der Waals surface area contributed by atoms with E-state index in [1.165, 1.54) is 18.6 Å². The summed E-state index contributed by atoms with van der Waals surface area (Å²) in [5.41, 5.74) is 0.754. The number of nitriles is 1. The molecule has 0 spiro atoms. The number of nitrogens with zero attached hydrogens (tertiary/aromatic N) is 1. The predicted molar refractivity (Wildman–Crippen MR) is 74.2 cm³/mol. The molecule has 0 radical (unpaired) electrons. The molecular weight excluding hydrogens is 255 g/mol. The van der Waals surface area contributed by atoms with Crippen molar-refractivity contribution in [3.05, 3.63) is 35.6 Å². The highest BCUT2D eigenvalue weighted by Crippen LogP contribution is 2.26. The number of benzene rings is 1. The van der Waals surface area contributed by atoms with Gasteiger partial charge in [-0.3, -0.25) is 4.79 Å². The van der Waals surface area contributed by atoms with Gasteiger partial charge in [-0.05, 0) is 36.5 Å². The zero-order chi connectivity index (χ0) is 14.4. The molecule has 0 saturated heterocycles. The molecule has 106 valence electrons. The number of carbonyl (C=O) groups is 1. The lowest BCUT2D eigenvalue weighted by Gasteiger charge is -2.26. The highest BCUT2D eigenvalue weighted by molar-refractivity contribution is 5.79. The molecule has 0 aromatic heterocycles. The number of hydrogen-bond acceptors (Lipinski definition) is 2. The van der Waals surface area contributed by atoms with Crippen molar-refractivity contribution in [1.29, 1.82) is 5.26 Å². The molecule has 4 heteroatoms. The Morgan fingerprint density at radius 3 is 2.55 bits per heavy atom. The Balaban J connectivity index is 1.89. The molecule has 1 N–H and O–H groups in total. The molecule has 3 nitrogen and oxygen atoms in total. The van der Waals surface area contributed by atoms with Gasteiger partial charge in [0.2, 0.25) is 5.91 Å². The molecule has 2 rings (SSSR count). The lowest BCUT2D eigenvalue weighted by Crippen LogP contribution is -2.40. The van der Waals surface area contributed by atoms with Crippen LogP contribution in [0.1, 0.15) is 37.7 Å². The Hall–Kier alpha value is -1.89. The highest BCUT2D eigenvalue weighted by atomic mass is 19.1. The standard InChI is InChI=1S/C16H19FN2O/c17-14-8-6-12(7-9-14)10-16(20)19-15(11-18)13-4-2-1-3-5-13/h6-9,13,15H,1-5,10H2,(H,19,20). The van der Waals surface area contributed by atoms with E-state index in [0.29, 0.717) is 0 Å². The van der Waals surface area contributed by atoms with E-state index >= 15 is 0 Å². The molecule has 1 aliphatic carbocycles. The van der Waals surface area contributed by atoms with Crippen LogP contribution in [-0.4, -0.2) is 11.9 Å². The fourth-order valence-corrected chi connectivity index (χ4v) is 2.74. The lowest BCUT2D eigenvalue weighted by atomic mass is 9.84. The van der Waals surface area contributed by atoms with Crippen LogP contribution in [0.4, 0.5) is 4.39 Å². The van der Waals surface area contributed by atoms with Crippen molar-refractivity contribution in [1.82, 2.24) is 5.32 Å². The Kier molecular flexibility index (Phi) is 5.11. The van der Waals surface area contributed by atoms with Crippen LogP contribution in [-0.2, 0) is 11.2 Å². The van der Waals surface area contributed by atoms with Crippen LogP contribution in [0.3, 0.4) is 0 Å². The molecule has 1 atom stereocenters. The van der Waals surface area contributed by atoms with Crippen LogP contribution in [0.15, 0.2) is 24.3 Å². The van der Waals surface area contributed by atoms with Crippen molar-refractivity contribution in [2.24, 2.45) is 5.92 Å². The van der Waals surface area contributed by atoms with E-state index in [4.69, 9.17) is 0 Å². The third-order valence-corrected chi connectivity index (χ3v) is 3.85. The molecule has 1 amide bonds. The van der Waals surface area contributed by atoms with E-state index in [1.54, 1.807) is 12.1 Å². The predicted octanol–water partition coefficient (Wildman–Crippen LogP) is 2.96. The highest BCUT2D eigenvalue weighted by Gasteiger charge is 2.24. The Morgan fingerprint density at radius 2 is 1.95 bits per heavy atom. The minimum absolute atomic E-state index is 0.172. The maximum atomic E-state index is 12.8. The molecule has 0 heterocycles. The van der Waals surface area contributed by atoms with E-state index in [1.807, 2.05) is 0 Å². The average molecular weight is 274 g/mol. The lowest BCUT2D eigenvalue weighted by molar-refractivity contribution is -0.121.